The smallest absolute Gasteiger partial charge is 0.329 e. The number of ether oxygens (including phenoxy) is 1. The van der Waals surface area contributed by atoms with Gasteiger partial charge >= 0.3 is 5.97 Å². The van der Waals surface area contributed by atoms with Crippen LogP contribution in [0.1, 0.15) is 43.9 Å². The highest BCUT2D eigenvalue weighted by Crippen LogP contribution is 2.38. The zero-order chi connectivity index (χ0) is 20.7. The Labute approximate surface area is 167 Å². The summed E-state index contributed by atoms with van der Waals surface area (Å²) in [5, 5.41) is 0. The molecule has 8 heteroatoms. The van der Waals surface area contributed by atoms with Crippen molar-refractivity contribution in [3.63, 3.8) is 0 Å². The first-order chi connectivity index (χ1) is 13.9. The molecule has 2 aliphatic rings. The normalized spacial score (nSPS) is 22.6. The Morgan fingerprint density at radius 3 is 2.48 bits per heavy atom. The first-order valence-corrected chi connectivity index (χ1v) is 9.89. The molecule has 29 heavy (non-hydrogen) atoms. The molecule has 2 amide bonds. The standard InChI is InChI=1S/C21H23N3O5/c1-12-7-8-17-22-14(9-18(25)23(17)10-12)11-29-21(28)13(2)24-19(26)15-5-3-4-6-16(15)20(24)27/h7-10,13,15-16H,3-6,11H2,1-2H3/t13-,15-,16+/m0/s1. The van der Waals surface area contributed by atoms with Crippen molar-refractivity contribution in [3.05, 3.63) is 46.0 Å². The minimum absolute atomic E-state index is 0.203. The molecule has 2 aromatic heterocycles. The quantitative estimate of drug-likeness (QED) is 0.574. The Morgan fingerprint density at radius 2 is 1.83 bits per heavy atom. The Balaban J connectivity index is 1.46. The molecule has 8 nitrogen and oxygen atoms in total. The summed E-state index contributed by atoms with van der Waals surface area (Å²) >= 11 is 0. The molecule has 1 saturated heterocycles. The number of imide groups is 1. The average molecular weight is 397 g/mol. The van der Waals surface area contributed by atoms with Gasteiger partial charge in [0.05, 0.1) is 17.5 Å². The van der Waals surface area contributed by atoms with Gasteiger partial charge in [-0.1, -0.05) is 18.9 Å². The van der Waals surface area contributed by atoms with Crippen LogP contribution in [0.5, 0.6) is 0 Å². The van der Waals surface area contributed by atoms with Crippen LogP contribution in [0.15, 0.2) is 29.2 Å². The van der Waals surface area contributed by atoms with Crippen LogP contribution >= 0.6 is 0 Å². The maximum Gasteiger partial charge on any atom is 0.329 e. The summed E-state index contributed by atoms with van der Waals surface area (Å²) in [6.45, 7) is 3.17. The summed E-state index contributed by atoms with van der Waals surface area (Å²) in [5.74, 6) is -1.85. The molecule has 0 radical (unpaired) electrons. The van der Waals surface area contributed by atoms with E-state index in [1.54, 1.807) is 12.3 Å². The van der Waals surface area contributed by atoms with E-state index in [1.807, 2.05) is 13.0 Å². The third-order valence-electron chi connectivity index (χ3n) is 5.83. The Bertz CT molecular complexity index is 1040. The van der Waals surface area contributed by atoms with E-state index in [4.69, 9.17) is 4.74 Å². The monoisotopic (exact) mass is 397 g/mol. The summed E-state index contributed by atoms with van der Waals surface area (Å²) in [6, 6.07) is 3.87. The molecule has 1 saturated carbocycles. The third-order valence-corrected chi connectivity index (χ3v) is 5.83. The summed E-state index contributed by atoms with van der Waals surface area (Å²) in [7, 11) is 0. The SMILES string of the molecule is Cc1ccc2nc(COC(=O)[C@H](C)N3C(=O)[C@H]4CCCC[C@H]4C3=O)cc(=O)n2c1. The lowest BCUT2D eigenvalue weighted by molar-refractivity contribution is -0.159. The Morgan fingerprint density at radius 1 is 1.17 bits per heavy atom. The maximum atomic E-state index is 12.6. The van der Waals surface area contributed by atoms with Gasteiger partial charge in [-0.3, -0.25) is 23.7 Å². The molecular formula is C21H23N3O5. The van der Waals surface area contributed by atoms with Crippen LogP contribution in [0.3, 0.4) is 0 Å². The molecule has 3 heterocycles. The molecule has 0 spiro atoms. The molecule has 2 fully saturated rings. The van der Waals surface area contributed by atoms with Crippen molar-refractivity contribution in [3.8, 4) is 0 Å². The van der Waals surface area contributed by atoms with Crippen LogP contribution in [-0.4, -0.2) is 38.1 Å². The fourth-order valence-electron chi connectivity index (χ4n) is 4.27. The van der Waals surface area contributed by atoms with Crippen molar-refractivity contribution in [2.24, 2.45) is 11.8 Å². The highest BCUT2D eigenvalue weighted by atomic mass is 16.5. The molecule has 152 valence electrons. The number of nitrogens with zero attached hydrogens (tertiary/aromatic N) is 3. The molecule has 1 aliphatic carbocycles. The molecule has 4 rings (SSSR count). The second-order valence-corrected chi connectivity index (χ2v) is 7.85. The molecule has 3 atom stereocenters. The number of hydrogen-bond acceptors (Lipinski definition) is 6. The topological polar surface area (TPSA) is 98.0 Å². The van der Waals surface area contributed by atoms with Gasteiger partial charge in [0.15, 0.2) is 0 Å². The number of esters is 1. The van der Waals surface area contributed by atoms with E-state index in [9.17, 15) is 19.2 Å². The Kier molecular flexibility index (Phi) is 4.94. The number of amides is 2. The Hall–Kier alpha value is -3.03. The second-order valence-electron chi connectivity index (χ2n) is 7.85. The van der Waals surface area contributed by atoms with Crippen molar-refractivity contribution in [2.75, 3.05) is 0 Å². The van der Waals surface area contributed by atoms with E-state index >= 15 is 0 Å². The number of carbonyl (C=O) groups excluding carboxylic acids is 3. The highest BCUT2D eigenvalue weighted by Gasteiger charge is 2.51. The minimum atomic E-state index is -0.996. The van der Waals surface area contributed by atoms with Crippen molar-refractivity contribution in [1.82, 2.24) is 14.3 Å². The van der Waals surface area contributed by atoms with Gasteiger partial charge in [-0.05, 0) is 38.3 Å². The third kappa shape index (κ3) is 3.43. The van der Waals surface area contributed by atoms with Crippen LogP contribution in [0, 0.1) is 18.8 Å². The number of pyridine rings is 1. The van der Waals surface area contributed by atoms with Gasteiger partial charge in [0.25, 0.3) is 5.56 Å². The summed E-state index contributed by atoms with van der Waals surface area (Å²) in [6.07, 6.45) is 4.92. The van der Waals surface area contributed by atoms with Crippen LogP contribution in [0.4, 0.5) is 0 Å². The lowest BCUT2D eigenvalue weighted by Gasteiger charge is -2.21. The number of fused-ring (bicyclic) bond motifs is 2. The highest BCUT2D eigenvalue weighted by molar-refractivity contribution is 6.07. The van der Waals surface area contributed by atoms with Crippen LogP contribution in [0.2, 0.25) is 0 Å². The van der Waals surface area contributed by atoms with Crippen molar-refractivity contribution in [1.29, 1.82) is 0 Å². The van der Waals surface area contributed by atoms with E-state index in [1.165, 1.54) is 17.4 Å². The van der Waals surface area contributed by atoms with Crippen LogP contribution in [0.25, 0.3) is 5.65 Å². The number of hydrogen-bond donors (Lipinski definition) is 0. The molecule has 0 N–H and O–H groups in total. The zero-order valence-corrected chi connectivity index (χ0v) is 16.5. The molecule has 0 unspecified atom stereocenters. The first kappa shape index (κ1) is 19.3. The van der Waals surface area contributed by atoms with E-state index in [0.717, 1.165) is 23.3 Å². The summed E-state index contributed by atoms with van der Waals surface area (Å²) < 4.78 is 6.71. The van der Waals surface area contributed by atoms with Crippen molar-refractivity contribution in [2.45, 2.75) is 52.2 Å². The summed E-state index contributed by atoms with van der Waals surface area (Å²) in [5.41, 5.74) is 1.42. The maximum absolute atomic E-state index is 12.6. The lowest BCUT2D eigenvalue weighted by atomic mass is 9.81. The van der Waals surface area contributed by atoms with Crippen LogP contribution < -0.4 is 5.56 Å². The van der Waals surface area contributed by atoms with E-state index in [-0.39, 0.29) is 35.8 Å². The predicted molar refractivity (Wildman–Crippen MR) is 103 cm³/mol. The number of carbonyl (C=O) groups is 3. The molecule has 1 aliphatic heterocycles. The van der Waals surface area contributed by atoms with Crippen molar-refractivity contribution >= 4 is 23.4 Å². The fraction of sp³-hybridized carbons (Fsp3) is 0.476. The number of aromatic nitrogens is 2. The van der Waals surface area contributed by atoms with Gasteiger partial charge in [0.1, 0.15) is 18.3 Å². The number of aryl methyl sites for hydroxylation is 1. The first-order valence-electron chi connectivity index (χ1n) is 9.89. The molecule has 0 aromatic carbocycles. The molecular weight excluding hydrogens is 374 g/mol. The van der Waals surface area contributed by atoms with Gasteiger partial charge in [0.2, 0.25) is 11.8 Å². The van der Waals surface area contributed by atoms with Gasteiger partial charge in [-0.15, -0.1) is 0 Å². The summed E-state index contributed by atoms with van der Waals surface area (Å²) in [4.78, 5) is 55.4. The van der Waals surface area contributed by atoms with Gasteiger partial charge in [-0.2, -0.15) is 0 Å². The second kappa shape index (κ2) is 7.42. The van der Waals surface area contributed by atoms with Crippen LogP contribution in [-0.2, 0) is 25.7 Å². The number of rotatable bonds is 4. The van der Waals surface area contributed by atoms with E-state index in [0.29, 0.717) is 24.2 Å². The molecule has 0 bridgehead atoms. The minimum Gasteiger partial charge on any atom is -0.458 e. The van der Waals surface area contributed by atoms with Crippen molar-refractivity contribution < 1.29 is 19.1 Å². The zero-order valence-electron chi connectivity index (χ0n) is 16.5. The largest absolute Gasteiger partial charge is 0.458 e. The van der Waals surface area contributed by atoms with Gasteiger partial charge in [0, 0.05) is 12.3 Å². The average Bonchev–Trinajstić information content (AvgIpc) is 2.97. The number of likely N-dealkylation sites (tertiary alicyclic amines) is 1. The molecule has 2 aromatic rings. The van der Waals surface area contributed by atoms with E-state index in [2.05, 4.69) is 4.98 Å². The lowest BCUT2D eigenvalue weighted by Crippen LogP contribution is -2.44. The van der Waals surface area contributed by atoms with Gasteiger partial charge < -0.3 is 4.74 Å². The van der Waals surface area contributed by atoms with E-state index < -0.39 is 12.0 Å². The van der Waals surface area contributed by atoms with Gasteiger partial charge in [-0.25, -0.2) is 9.78 Å². The predicted octanol–water partition coefficient (Wildman–Crippen LogP) is 1.61. The fourth-order valence-corrected chi connectivity index (χ4v) is 4.27.